The number of carboxylic acid groups (broad SMARTS) is 3. The van der Waals surface area contributed by atoms with Crippen LogP contribution in [0.2, 0.25) is 0 Å². The Balaban J connectivity index is 1.33. The number of fused-ring (bicyclic) bond motifs is 2. The lowest BCUT2D eigenvalue weighted by atomic mass is 9.93. The van der Waals surface area contributed by atoms with Crippen molar-refractivity contribution >= 4 is 97.6 Å². The van der Waals surface area contributed by atoms with Gasteiger partial charge in [0.2, 0.25) is 0 Å². The van der Waals surface area contributed by atoms with Gasteiger partial charge in [-0.15, -0.1) is 0 Å². The number of nitrogens with one attached hydrogen (secondary N) is 3. The van der Waals surface area contributed by atoms with Crippen molar-refractivity contribution in [1.29, 1.82) is 0 Å². The van der Waals surface area contributed by atoms with Crippen LogP contribution in [-0.4, -0.2) is 86.2 Å². The van der Waals surface area contributed by atoms with E-state index < -0.39 is 111 Å². The van der Waals surface area contributed by atoms with Gasteiger partial charge in [-0.25, -0.2) is 36.2 Å². The van der Waals surface area contributed by atoms with E-state index in [-0.39, 0.29) is 67.3 Å². The fourth-order valence-electron chi connectivity index (χ4n) is 9.11. The maximum Gasteiger partial charge on any atom is 0.339 e. The molecule has 0 bridgehead atoms. The Labute approximate surface area is 449 Å². The molecule has 27 heteroatoms. The largest absolute Gasteiger partial charge is 0.507 e. The van der Waals surface area contributed by atoms with E-state index in [1.165, 1.54) is 63.2 Å². The van der Waals surface area contributed by atoms with E-state index in [1.54, 1.807) is 26.8 Å². The Kier molecular flexibility index (Phi) is 14.4. The van der Waals surface area contributed by atoms with Crippen molar-refractivity contribution < 1.29 is 87.1 Å². The second-order valence-electron chi connectivity index (χ2n) is 18.1. The van der Waals surface area contributed by atoms with E-state index in [2.05, 4.69) is 19.8 Å². The minimum Gasteiger partial charge on any atom is -0.507 e. The first kappa shape index (κ1) is 56.3. The summed E-state index contributed by atoms with van der Waals surface area (Å²) >= 11 is 0. The molecule has 79 heavy (non-hydrogen) atoms. The smallest absolute Gasteiger partial charge is 0.339 e. The molecule has 0 saturated carbocycles. The Hall–Kier alpha value is -8.86. The Morgan fingerprint density at radius 3 is 1.71 bits per heavy atom. The van der Waals surface area contributed by atoms with Crippen molar-refractivity contribution in [2.24, 2.45) is 4.99 Å². The number of sulfonamides is 2. The molecule has 0 atom stereocenters. The molecule has 1 aliphatic carbocycles. The molecule has 0 amide bonds. The Morgan fingerprint density at radius 2 is 1.10 bits per heavy atom. The molecule has 1 heterocycles. The van der Waals surface area contributed by atoms with Gasteiger partial charge in [0, 0.05) is 45.6 Å². The molecule has 6 aromatic rings. The van der Waals surface area contributed by atoms with Gasteiger partial charge in [0.1, 0.15) is 42.2 Å². The van der Waals surface area contributed by atoms with Gasteiger partial charge in [-0.05, 0) is 130 Å². The maximum atomic E-state index is 13.9. The number of nitrogens with zero attached hydrogens (tertiary/aromatic N) is 1. The van der Waals surface area contributed by atoms with Gasteiger partial charge in [-0.3, -0.25) is 18.5 Å². The highest BCUT2D eigenvalue weighted by molar-refractivity contribution is 7.93. The van der Waals surface area contributed by atoms with E-state index in [0.717, 1.165) is 36.4 Å². The number of benzene rings is 7. The fraction of sp³-hybridized carbons (Fsp3) is 0.115. The summed E-state index contributed by atoms with van der Waals surface area (Å²) in [7, 11) is -19.9. The summed E-state index contributed by atoms with van der Waals surface area (Å²) in [6.45, 7) is 9.31. The van der Waals surface area contributed by atoms with Crippen molar-refractivity contribution in [3.63, 3.8) is 0 Å². The number of anilines is 4. The van der Waals surface area contributed by atoms with Crippen molar-refractivity contribution in [2.75, 3.05) is 14.8 Å². The van der Waals surface area contributed by atoms with E-state index >= 15 is 0 Å². The second-order valence-corrected chi connectivity index (χ2v) is 24.2. The van der Waals surface area contributed by atoms with E-state index in [0.29, 0.717) is 40.1 Å². The Bertz CT molecular complexity index is 4520. The highest BCUT2D eigenvalue weighted by Crippen LogP contribution is 2.45. The summed E-state index contributed by atoms with van der Waals surface area (Å²) in [5.74, 6) is -7.15. The number of phenols is 2. The molecule has 8 rings (SSSR count). The minimum absolute atomic E-state index is 0.00641. The first-order valence-corrected chi connectivity index (χ1v) is 28.6. The number of aromatic hydroxyl groups is 2. The van der Waals surface area contributed by atoms with Crippen LogP contribution in [-0.2, 0) is 40.3 Å². The molecule has 0 radical (unpaired) electrons. The van der Waals surface area contributed by atoms with E-state index in [4.69, 9.17) is 4.42 Å². The van der Waals surface area contributed by atoms with Gasteiger partial charge in [-0.1, -0.05) is 30.3 Å². The van der Waals surface area contributed by atoms with Crippen molar-refractivity contribution in [3.8, 4) is 33.9 Å². The number of hydrogen-bond donors (Lipinski definition) is 10. The fourth-order valence-corrected chi connectivity index (χ4v) is 13.1. The molecule has 0 aromatic heterocycles. The van der Waals surface area contributed by atoms with Crippen molar-refractivity contribution in [1.82, 2.24) is 0 Å². The highest BCUT2D eigenvalue weighted by Gasteiger charge is 2.31. The lowest BCUT2D eigenvalue weighted by Gasteiger charge is -2.21. The third kappa shape index (κ3) is 10.8. The first-order valence-electron chi connectivity index (χ1n) is 22.8. The summed E-state index contributed by atoms with van der Waals surface area (Å²) in [6, 6.07) is 18.7. The van der Waals surface area contributed by atoms with Crippen LogP contribution in [0.15, 0.2) is 126 Å². The summed E-state index contributed by atoms with van der Waals surface area (Å²) in [6.07, 6.45) is 0. The van der Waals surface area contributed by atoms with E-state index in [1.807, 2.05) is 0 Å². The van der Waals surface area contributed by atoms with E-state index in [9.17, 15) is 82.7 Å². The van der Waals surface area contributed by atoms with Crippen LogP contribution in [0.25, 0.3) is 33.4 Å². The average Bonchev–Trinajstić information content (AvgIpc) is 3.54. The second kappa shape index (κ2) is 20.2. The molecule has 410 valence electrons. The molecule has 0 unspecified atom stereocenters. The molecule has 0 saturated heterocycles. The quantitative estimate of drug-likeness (QED) is 0.0339. The SMILES string of the molecule is Cc1cc(C)c(NS(=O)(=O)c2cc(C(=O)O)cc(C(=O)O)c2O)c(C)c1N=c1cc2oc3cc(Nc4c(C)cc(C)c(NS(=O)(=O)c5cc(C(=O)O)ccc5O)c4C)ccc3c(-c3ccccc3S(=O)(=O)O)c-2cc1S(=O)(=O)O. The molecule has 0 fully saturated rings. The lowest BCUT2D eigenvalue weighted by Crippen LogP contribution is -2.18. The van der Waals surface area contributed by atoms with Crippen LogP contribution in [0.3, 0.4) is 0 Å². The molecule has 1 aliphatic heterocycles. The number of aryl methyl sites for hydroxylation is 4. The van der Waals surface area contributed by atoms with Gasteiger partial charge >= 0.3 is 17.9 Å². The van der Waals surface area contributed by atoms with Gasteiger partial charge in [0.15, 0.2) is 5.75 Å². The van der Waals surface area contributed by atoms with Crippen LogP contribution in [0, 0.1) is 41.5 Å². The highest BCUT2D eigenvalue weighted by atomic mass is 32.2. The molecule has 10 N–H and O–H groups in total. The molecule has 6 aromatic carbocycles. The van der Waals surface area contributed by atoms with Crippen molar-refractivity contribution in [3.05, 3.63) is 152 Å². The summed E-state index contributed by atoms with van der Waals surface area (Å²) < 4.78 is 140. The Morgan fingerprint density at radius 1 is 0.532 bits per heavy atom. The summed E-state index contributed by atoms with van der Waals surface area (Å²) in [5, 5.41) is 52.8. The third-order valence-corrected chi connectivity index (χ3v) is 17.3. The van der Waals surface area contributed by atoms with Crippen LogP contribution in [0.4, 0.5) is 28.4 Å². The van der Waals surface area contributed by atoms with Crippen LogP contribution in [0.1, 0.15) is 64.5 Å². The van der Waals surface area contributed by atoms with Gasteiger partial charge < -0.3 is 35.3 Å². The topological polar surface area (TPSA) is 391 Å². The number of aromatic carboxylic acids is 3. The van der Waals surface area contributed by atoms with Gasteiger partial charge in [-0.2, -0.15) is 16.8 Å². The predicted molar refractivity (Wildman–Crippen MR) is 286 cm³/mol. The zero-order valence-electron chi connectivity index (χ0n) is 41.8. The normalized spacial score (nSPS) is 12.4. The van der Waals surface area contributed by atoms with Crippen molar-refractivity contribution in [2.45, 2.75) is 61.1 Å². The number of carbonyl (C=O) groups is 3. The summed E-state index contributed by atoms with van der Waals surface area (Å²) in [4.78, 5) is 36.7. The molecular formula is C52H44N4O19S4. The van der Waals surface area contributed by atoms with Crippen LogP contribution < -0.4 is 20.1 Å². The third-order valence-electron chi connectivity index (χ3n) is 12.7. The number of carboxylic acids is 3. The first-order chi connectivity index (χ1) is 36.7. The average molecular weight is 1160 g/mol. The number of hydrogen-bond acceptors (Lipinski definition) is 16. The standard InChI is InChI=1S/C52H44N4O19S4/c1-23-15-25(3)47(55-76(65,66)42-18-29(50(59)60)11-14-37(42)57)27(5)45(23)53-31-12-13-32-38(20-31)75-39-22-36(41(79(72,73)74)21-34(39)44(32)33-9-7-8-10-40(33)78(69,70)71)54-46-24(2)16-26(4)48(28(46)6)56-77(67,68)43-19-30(51(61)62)17-35(49(43)58)52(63)64/h7-22,53,55-58H,1-6H3,(H,59,60)(H,61,62)(H,63,64)(H,69,70,71)(H,72,73,74). The lowest BCUT2D eigenvalue weighted by molar-refractivity contribution is 0.0680. The number of rotatable bonds is 15. The zero-order chi connectivity index (χ0) is 58.2. The monoisotopic (exact) mass is 1160 g/mol. The molecular weight excluding hydrogens is 1110 g/mol. The number of phenolic OH excluding ortho intramolecular Hbond substituents is 1. The maximum absolute atomic E-state index is 13.9. The van der Waals surface area contributed by atoms with Gasteiger partial charge in [0.05, 0.1) is 33.5 Å². The van der Waals surface area contributed by atoms with Gasteiger partial charge in [0.25, 0.3) is 40.3 Å². The van der Waals surface area contributed by atoms with Crippen LogP contribution in [0.5, 0.6) is 11.5 Å². The predicted octanol–water partition coefficient (Wildman–Crippen LogP) is 8.63. The zero-order valence-corrected chi connectivity index (χ0v) is 45.1. The molecule has 0 spiro atoms. The molecule has 23 nitrogen and oxygen atoms in total. The molecule has 2 aliphatic rings. The minimum atomic E-state index is -5.29. The van der Waals surface area contributed by atoms with Crippen LogP contribution >= 0.6 is 0 Å². The summed E-state index contributed by atoms with van der Waals surface area (Å²) in [5.41, 5.74) is -0.202.